The Bertz CT molecular complexity index is 784. The lowest BCUT2D eigenvalue weighted by molar-refractivity contribution is 0.0513. The van der Waals surface area contributed by atoms with Crippen molar-refractivity contribution in [1.29, 1.82) is 0 Å². The number of anilines is 1. The van der Waals surface area contributed by atoms with E-state index in [0.29, 0.717) is 30.4 Å². The van der Waals surface area contributed by atoms with Gasteiger partial charge < -0.3 is 19.5 Å². The molecule has 1 amide bonds. The molecule has 0 saturated heterocycles. The molecule has 1 aromatic heterocycles. The molecule has 2 heterocycles. The number of esters is 1. The van der Waals surface area contributed by atoms with Crippen molar-refractivity contribution in [2.45, 2.75) is 6.92 Å². The monoisotopic (exact) mass is 331 g/mol. The van der Waals surface area contributed by atoms with Crippen molar-refractivity contribution in [2.24, 2.45) is 7.05 Å². The molecule has 24 heavy (non-hydrogen) atoms. The van der Waals surface area contributed by atoms with E-state index in [1.807, 2.05) is 0 Å². The molecule has 0 aliphatic carbocycles. The van der Waals surface area contributed by atoms with Gasteiger partial charge in [0.15, 0.2) is 17.2 Å². The number of carbonyl (C=O) groups excluding carboxylic acids is 2. The van der Waals surface area contributed by atoms with Crippen LogP contribution in [-0.4, -0.2) is 41.5 Å². The van der Waals surface area contributed by atoms with Gasteiger partial charge in [0.1, 0.15) is 18.9 Å². The number of carbonyl (C=O) groups is 2. The Kier molecular flexibility index (Phi) is 4.37. The van der Waals surface area contributed by atoms with Gasteiger partial charge in [-0.3, -0.25) is 9.48 Å². The predicted molar refractivity (Wildman–Crippen MR) is 84.5 cm³/mol. The van der Waals surface area contributed by atoms with Gasteiger partial charge in [0, 0.05) is 24.9 Å². The van der Waals surface area contributed by atoms with Crippen molar-refractivity contribution in [3.05, 3.63) is 35.7 Å². The number of aromatic nitrogens is 2. The summed E-state index contributed by atoms with van der Waals surface area (Å²) in [6.45, 7) is 2.93. The zero-order valence-electron chi connectivity index (χ0n) is 13.4. The van der Waals surface area contributed by atoms with Crippen LogP contribution >= 0.6 is 0 Å². The third kappa shape index (κ3) is 3.17. The second-order valence-electron chi connectivity index (χ2n) is 5.07. The van der Waals surface area contributed by atoms with E-state index < -0.39 is 11.9 Å². The number of amides is 1. The van der Waals surface area contributed by atoms with E-state index in [2.05, 4.69) is 10.4 Å². The summed E-state index contributed by atoms with van der Waals surface area (Å²) in [6.07, 6.45) is 0. The number of nitrogens with one attached hydrogen (secondary N) is 1. The van der Waals surface area contributed by atoms with Gasteiger partial charge in [0.2, 0.25) is 0 Å². The Morgan fingerprint density at radius 1 is 1.25 bits per heavy atom. The van der Waals surface area contributed by atoms with Crippen LogP contribution in [0.1, 0.15) is 27.9 Å². The Hall–Kier alpha value is -3.03. The van der Waals surface area contributed by atoms with Gasteiger partial charge in [-0.1, -0.05) is 0 Å². The van der Waals surface area contributed by atoms with Crippen molar-refractivity contribution in [3.8, 4) is 11.5 Å². The molecule has 1 aliphatic heterocycles. The highest BCUT2D eigenvalue weighted by Gasteiger charge is 2.19. The molecule has 126 valence electrons. The summed E-state index contributed by atoms with van der Waals surface area (Å²) in [7, 11) is 1.58. The van der Waals surface area contributed by atoms with Crippen molar-refractivity contribution >= 4 is 17.6 Å². The fourth-order valence-corrected chi connectivity index (χ4v) is 2.29. The summed E-state index contributed by atoms with van der Waals surface area (Å²) in [5.74, 6) is 0.262. The highest BCUT2D eigenvalue weighted by molar-refractivity contribution is 6.04. The second kappa shape index (κ2) is 6.61. The van der Waals surface area contributed by atoms with Gasteiger partial charge in [-0.2, -0.15) is 5.10 Å². The van der Waals surface area contributed by atoms with E-state index in [1.165, 1.54) is 10.7 Å². The van der Waals surface area contributed by atoms with Crippen LogP contribution in [-0.2, 0) is 11.8 Å². The molecular formula is C16H17N3O5. The average Bonchev–Trinajstić information content (AvgIpc) is 2.97. The van der Waals surface area contributed by atoms with Gasteiger partial charge in [0.05, 0.1) is 6.61 Å². The number of ether oxygens (including phenoxy) is 3. The number of fused-ring (bicyclic) bond motifs is 1. The molecule has 8 heteroatoms. The zero-order valence-corrected chi connectivity index (χ0v) is 13.4. The third-order valence-electron chi connectivity index (χ3n) is 3.40. The quantitative estimate of drug-likeness (QED) is 0.856. The minimum absolute atomic E-state index is 0.121. The number of hydrogen-bond donors (Lipinski definition) is 1. The summed E-state index contributed by atoms with van der Waals surface area (Å²) >= 11 is 0. The fourth-order valence-electron chi connectivity index (χ4n) is 2.29. The molecule has 0 bridgehead atoms. The summed E-state index contributed by atoms with van der Waals surface area (Å²) < 4.78 is 17.1. The Morgan fingerprint density at radius 2 is 2.00 bits per heavy atom. The molecule has 1 aliphatic rings. The van der Waals surface area contributed by atoms with Crippen molar-refractivity contribution in [2.75, 3.05) is 25.1 Å². The first kappa shape index (κ1) is 15.9. The average molecular weight is 331 g/mol. The van der Waals surface area contributed by atoms with Crippen molar-refractivity contribution < 1.29 is 23.8 Å². The third-order valence-corrected chi connectivity index (χ3v) is 3.40. The fraction of sp³-hybridized carbons (Fsp3) is 0.312. The standard InChI is InChI=1S/C16H17N3O5/c1-3-22-16(21)12-9-11(18-19(12)2)15(20)17-10-4-5-13-14(8-10)24-7-6-23-13/h4-5,8-9H,3,6-7H2,1-2H3,(H,17,20). The number of aryl methyl sites for hydroxylation is 1. The largest absolute Gasteiger partial charge is 0.486 e. The summed E-state index contributed by atoms with van der Waals surface area (Å²) in [5.41, 5.74) is 0.882. The molecule has 3 rings (SSSR count). The highest BCUT2D eigenvalue weighted by atomic mass is 16.6. The zero-order chi connectivity index (χ0) is 17.1. The maximum Gasteiger partial charge on any atom is 0.356 e. The molecule has 0 unspecified atom stereocenters. The number of nitrogens with zero attached hydrogens (tertiary/aromatic N) is 2. The van der Waals surface area contributed by atoms with E-state index >= 15 is 0 Å². The topological polar surface area (TPSA) is 91.7 Å². The van der Waals surface area contributed by atoms with Crippen LogP contribution in [0.3, 0.4) is 0 Å². The molecule has 0 spiro atoms. The molecule has 1 aromatic carbocycles. The van der Waals surface area contributed by atoms with E-state index in [4.69, 9.17) is 14.2 Å². The predicted octanol–water partition coefficient (Wildman–Crippen LogP) is 1.62. The number of rotatable bonds is 4. The summed E-state index contributed by atoms with van der Waals surface area (Å²) in [6, 6.07) is 6.51. The van der Waals surface area contributed by atoms with Crippen molar-refractivity contribution in [3.63, 3.8) is 0 Å². The molecule has 2 aromatic rings. The smallest absolute Gasteiger partial charge is 0.356 e. The van der Waals surface area contributed by atoms with E-state index in [0.717, 1.165) is 0 Å². The summed E-state index contributed by atoms with van der Waals surface area (Å²) in [4.78, 5) is 24.1. The number of hydrogen-bond acceptors (Lipinski definition) is 6. The lowest BCUT2D eigenvalue weighted by atomic mass is 10.2. The lowest BCUT2D eigenvalue weighted by Gasteiger charge is -2.18. The van der Waals surface area contributed by atoms with Crippen LogP contribution in [0.5, 0.6) is 11.5 Å². The molecule has 0 radical (unpaired) electrons. The minimum atomic E-state index is -0.522. The lowest BCUT2D eigenvalue weighted by Crippen LogP contribution is -2.16. The summed E-state index contributed by atoms with van der Waals surface area (Å²) in [5, 5.41) is 6.76. The molecule has 1 N–H and O–H groups in total. The van der Waals surface area contributed by atoms with Gasteiger partial charge >= 0.3 is 5.97 Å². The molecule has 0 atom stereocenters. The van der Waals surface area contributed by atoms with Crippen LogP contribution in [0.2, 0.25) is 0 Å². The van der Waals surface area contributed by atoms with Crippen LogP contribution in [0.15, 0.2) is 24.3 Å². The van der Waals surface area contributed by atoms with Gasteiger partial charge in [-0.15, -0.1) is 0 Å². The van der Waals surface area contributed by atoms with Gasteiger partial charge in [-0.25, -0.2) is 4.79 Å². The number of benzene rings is 1. The Morgan fingerprint density at radius 3 is 2.75 bits per heavy atom. The molecule has 8 nitrogen and oxygen atoms in total. The first-order chi connectivity index (χ1) is 11.6. The van der Waals surface area contributed by atoms with Crippen LogP contribution < -0.4 is 14.8 Å². The van der Waals surface area contributed by atoms with Gasteiger partial charge in [0.25, 0.3) is 5.91 Å². The van der Waals surface area contributed by atoms with Crippen LogP contribution in [0, 0.1) is 0 Å². The van der Waals surface area contributed by atoms with Crippen molar-refractivity contribution in [1.82, 2.24) is 9.78 Å². The van der Waals surface area contributed by atoms with Crippen LogP contribution in [0.4, 0.5) is 5.69 Å². The van der Waals surface area contributed by atoms with E-state index in [1.54, 1.807) is 32.2 Å². The maximum atomic E-state index is 12.3. The molecule has 0 saturated carbocycles. The van der Waals surface area contributed by atoms with Gasteiger partial charge in [-0.05, 0) is 19.1 Å². The SMILES string of the molecule is CCOC(=O)c1cc(C(=O)Nc2ccc3c(c2)OCCO3)nn1C. The first-order valence-corrected chi connectivity index (χ1v) is 7.50. The Balaban J connectivity index is 1.75. The maximum absolute atomic E-state index is 12.3. The first-order valence-electron chi connectivity index (χ1n) is 7.50. The molecular weight excluding hydrogens is 314 g/mol. The van der Waals surface area contributed by atoms with E-state index in [9.17, 15) is 9.59 Å². The highest BCUT2D eigenvalue weighted by Crippen LogP contribution is 2.32. The minimum Gasteiger partial charge on any atom is -0.486 e. The normalized spacial score (nSPS) is 12.6. The Labute approximate surface area is 138 Å². The molecule has 0 fully saturated rings. The second-order valence-corrected chi connectivity index (χ2v) is 5.07. The van der Waals surface area contributed by atoms with Crippen LogP contribution in [0.25, 0.3) is 0 Å². The van der Waals surface area contributed by atoms with E-state index in [-0.39, 0.29) is 18.0 Å².